The maximum absolute atomic E-state index is 7.03. The van der Waals surface area contributed by atoms with E-state index in [1.54, 1.807) is 0 Å². The van der Waals surface area contributed by atoms with E-state index in [0.29, 0.717) is 0 Å². The first-order valence-corrected chi connectivity index (χ1v) is 24.7. The quantitative estimate of drug-likeness (QED) is 0.177. The Balaban J connectivity index is 0.904. The summed E-state index contributed by atoms with van der Waals surface area (Å²) in [6, 6.07) is 61.1. The molecule has 0 unspecified atom stereocenters. The lowest BCUT2D eigenvalue weighted by Crippen LogP contribution is -2.24. The van der Waals surface area contributed by atoms with E-state index in [0.717, 1.165) is 39.4 Å². The van der Waals surface area contributed by atoms with Gasteiger partial charge in [-0.3, -0.25) is 0 Å². The molecule has 0 bridgehead atoms. The van der Waals surface area contributed by atoms with Crippen LogP contribution in [0.15, 0.2) is 173 Å². The SMILES string of the molecule is CC1(C)c2cc(N(c3ccccc3)c3ccc4c(c3)C(C)(C)c3c5c(c6c(oc7ccccc76)c3-4)-c3ccccc3C5(C)C)ccc2-c2cc3c(cc21)-c1c(ccc2oc4ccccc4c12)C3(C)C. The van der Waals surface area contributed by atoms with E-state index in [4.69, 9.17) is 8.83 Å². The van der Waals surface area contributed by atoms with Crippen molar-refractivity contribution < 1.29 is 8.83 Å². The summed E-state index contributed by atoms with van der Waals surface area (Å²) >= 11 is 0. The topological polar surface area (TPSA) is 29.5 Å². The van der Waals surface area contributed by atoms with Gasteiger partial charge in [0.25, 0.3) is 0 Å². The molecule has 0 fully saturated rings. The molecule has 0 saturated carbocycles. The van der Waals surface area contributed by atoms with Crippen molar-refractivity contribution in [2.75, 3.05) is 4.90 Å². The van der Waals surface area contributed by atoms with Crippen molar-refractivity contribution >= 4 is 60.9 Å². The lowest BCUT2D eigenvalue weighted by atomic mass is 9.72. The molecule has 0 atom stereocenters. The first-order chi connectivity index (χ1) is 33.3. The molecular weight excluding hydrogens is 839 g/mol. The summed E-state index contributed by atoms with van der Waals surface area (Å²) in [6.45, 7) is 19.3. The van der Waals surface area contributed by atoms with Gasteiger partial charge in [-0.05, 0) is 150 Å². The molecule has 3 heteroatoms. The summed E-state index contributed by atoms with van der Waals surface area (Å²) in [5, 5.41) is 4.83. The highest BCUT2D eigenvalue weighted by Crippen LogP contribution is 2.64. The van der Waals surface area contributed by atoms with Gasteiger partial charge in [-0.15, -0.1) is 0 Å². The van der Waals surface area contributed by atoms with Gasteiger partial charge in [0.2, 0.25) is 0 Å². The molecular formula is C66H51NO2. The zero-order chi connectivity index (χ0) is 46.7. The van der Waals surface area contributed by atoms with Gasteiger partial charge in [0.1, 0.15) is 22.3 Å². The summed E-state index contributed by atoms with van der Waals surface area (Å²) in [7, 11) is 0. The molecule has 0 saturated heterocycles. The molecule has 3 nitrogen and oxygen atoms in total. The zero-order valence-corrected chi connectivity index (χ0v) is 40.4. The second kappa shape index (κ2) is 12.7. The molecule has 332 valence electrons. The normalized spacial score (nSPS) is 16.6. The summed E-state index contributed by atoms with van der Waals surface area (Å²) < 4.78 is 13.5. The molecule has 0 radical (unpaired) electrons. The number of hydrogen-bond acceptors (Lipinski definition) is 3. The minimum absolute atomic E-state index is 0.166. The van der Waals surface area contributed by atoms with E-state index in [-0.39, 0.29) is 21.7 Å². The van der Waals surface area contributed by atoms with Gasteiger partial charge in [-0.2, -0.15) is 0 Å². The standard InChI is InChI=1S/C66H51NO2/c1-63(2)47-30-31-54-56(42-21-13-16-24-52(42)68-54)55(47)45-35-50-44(34-51(45)63)39-28-26-37(32-48(39)64(50,3)4)67(36-18-10-9-11-19-36)38-27-29-41-49(33-38)66(7,8)61-59(41)62-58(43-22-14-17-25-53(43)69-62)57-40-20-12-15-23-46(40)65(5,6)60(57)61/h9-35H,1-8H3. The van der Waals surface area contributed by atoms with Gasteiger partial charge in [-0.1, -0.05) is 152 Å². The maximum Gasteiger partial charge on any atom is 0.144 e. The Hall–Kier alpha value is -7.62. The van der Waals surface area contributed by atoms with Gasteiger partial charge in [-0.25, -0.2) is 0 Å². The van der Waals surface area contributed by atoms with Crippen LogP contribution < -0.4 is 4.90 Å². The molecule has 11 aromatic rings. The van der Waals surface area contributed by atoms with Crippen molar-refractivity contribution in [3.63, 3.8) is 0 Å². The van der Waals surface area contributed by atoms with Crippen LogP contribution in [0.1, 0.15) is 99.9 Å². The van der Waals surface area contributed by atoms with E-state index >= 15 is 0 Å². The smallest absolute Gasteiger partial charge is 0.144 e. The molecule has 0 aliphatic heterocycles. The van der Waals surface area contributed by atoms with Crippen LogP contribution in [0, 0.1) is 0 Å². The lowest BCUT2D eigenvalue weighted by Gasteiger charge is -2.32. The molecule has 4 aliphatic carbocycles. The predicted molar refractivity (Wildman–Crippen MR) is 286 cm³/mol. The van der Waals surface area contributed by atoms with E-state index in [2.05, 4.69) is 224 Å². The predicted octanol–water partition coefficient (Wildman–Crippen LogP) is 18.2. The second-order valence-corrected chi connectivity index (χ2v) is 22.4. The van der Waals surface area contributed by atoms with Crippen LogP contribution in [-0.2, 0) is 21.7 Å². The maximum atomic E-state index is 7.03. The van der Waals surface area contributed by atoms with Gasteiger partial charge < -0.3 is 13.7 Å². The Morgan fingerprint density at radius 1 is 0.319 bits per heavy atom. The van der Waals surface area contributed by atoms with Crippen molar-refractivity contribution in [3.8, 4) is 44.5 Å². The second-order valence-electron chi connectivity index (χ2n) is 22.4. The van der Waals surface area contributed by atoms with E-state index in [9.17, 15) is 0 Å². The largest absolute Gasteiger partial charge is 0.456 e. The van der Waals surface area contributed by atoms with Crippen LogP contribution in [0.3, 0.4) is 0 Å². The van der Waals surface area contributed by atoms with Gasteiger partial charge in [0.05, 0.1) is 0 Å². The first kappa shape index (κ1) is 39.4. The fraction of sp³-hybridized carbons (Fsp3) is 0.182. The monoisotopic (exact) mass is 889 g/mol. The van der Waals surface area contributed by atoms with E-state index in [1.807, 2.05) is 0 Å². The van der Waals surface area contributed by atoms with Crippen molar-refractivity contribution in [1.29, 1.82) is 0 Å². The van der Waals surface area contributed by atoms with E-state index in [1.165, 1.54) is 111 Å². The fourth-order valence-electron chi connectivity index (χ4n) is 14.1. The zero-order valence-electron chi connectivity index (χ0n) is 40.4. The summed E-state index contributed by atoms with van der Waals surface area (Å²) in [4.78, 5) is 2.47. The average Bonchev–Trinajstić information content (AvgIpc) is 4.14. The van der Waals surface area contributed by atoms with Crippen LogP contribution in [0.4, 0.5) is 17.1 Å². The Morgan fingerprint density at radius 3 is 1.61 bits per heavy atom. The highest BCUT2D eigenvalue weighted by Gasteiger charge is 2.49. The average molecular weight is 890 g/mol. The molecule has 15 rings (SSSR count). The van der Waals surface area contributed by atoms with Crippen LogP contribution in [0.2, 0.25) is 0 Å². The molecule has 4 aliphatic rings. The van der Waals surface area contributed by atoms with Crippen molar-refractivity contribution in [1.82, 2.24) is 0 Å². The Kier molecular flexibility index (Phi) is 7.26. The minimum Gasteiger partial charge on any atom is -0.456 e. The number of hydrogen-bond donors (Lipinski definition) is 0. The summed E-state index contributed by atoms with van der Waals surface area (Å²) in [6.07, 6.45) is 0. The summed E-state index contributed by atoms with van der Waals surface area (Å²) in [5.74, 6) is 0. The fourth-order valence-corrected chi connectivity index (χ4v) is 14.1. The molecule has 0 N–H and O–H groups in total. The lowest BCUT2D eigenvalue weighted by molar-refractivity contribution is 0.600. The Morgan fingerprint density at radius 2 is 0.855 bits per heavy atom. The van der Waals surface area contributed by atoms with Crippen molar-refractivity contribution in [3.05, 3.63) is 208 Å². The van der Waals surface area contributed by atoms with Crippen LogP contribution >= 0.6 is 0 Å². The van der Waals surface area contributed by atoms with Gasteiger partial charge in [0, 0.05) is 65.8 Å². The third-order valence-electron chi connectivity index (χ3n) is 17.4. The first-order valence-electron chi connectivity index (χ1n) is 24.7. The van der Waals surface area contributed by atoms with Gasteiger partial charge >= 0.3 is 0 Å². The third kappa shape index (κ3) is 4.74. The number of anilines is 3. The van der Waals surface area contributed by atoms with Crippen molar-refractivity contribution in [2.24, 2.45) is 0 Å². The molecule has 0 spiro atoms. The molecule has 0 amide bonds. The highest BCUT2D eigenvalue weighted by atomic mass is 16.3. The van der Waals surface area contributed by atoms with Crippen LogP contribution in [-0.4, -0.2) is 0 Å². The number of fused-ring (bicyclic) bond motifs is 22. The number of benzene rings is 9. The minimum atomic E-state index is -0.317. The number of rotatable bonds is 3. The number of nitrogens with zero attached hydrogens (tertiary/aromatic N) is 1. The number of para-hydroxylation sites is 3. The summed E-state index contributed by atoms with van der Waals surface area (Å²) in [5.41, 5.74) is 27.8. The molecule has 2 heterocycles. The van der Waals surface area contributed by atoms with Crippen LogP contribution in [0.5, 0.6) is 0 Å². The van der Waals surface area contributed by atoms with E-state index < -0.39 is 0 Å². The third-order valence-corrected chi connectivity index (χ3v) is 17.4. The molecule has 9 aromatic carbocycles. The molecule has 2 aromatic heterocycles. The Labute approximate surface area is 402 Å². The molecule has 69 heavy (non-hydrogen) atoms. The van der Waals surface area contributed by atoms with Crippen molar-refractivity contribution in [2.45, 2.75) is 77.0 Å². The number of furan rings is 2. The van der Waals surface area contributed by atoms with Crippen LogP contribution in [0.25, 0.3) is 88.4 Å². The highest BCUT2D eigenvalue weighted by molar-refractivity contribution is 6.21. The Bertz CT molecular complexity index is 4130. The van der Waals surface area contributed by atoms with Gasteiger partial charge in [0.15, 0.2) is 0 Å².